The largest absolute Gasteiger partial charge is 0.293 e. The number of nitrogens with zero attached hydrogens (tertiary/aromatic N) is 2. The Balaban J connectivity index is 1.76. The fourth-order valence-electron chi connectivity index (χ4n) is 1.63. The maximum absolute atomic E-state index is 5.64. The third-order valence-electron chi connectivity index (χ3n) is 2.44. The van der Waals surface area contributed by atoms with Gasteiger partial charge in [-0.3, -0.25) is 9.82 Å². The summed E-state index contributed by atoms with van der Waals surface area (Å²) in [4.78, 5) is 9.85. The van der Waals surface area contributed by atoms with Gasteiger partial charge in [-0.1, -0.05) is 12.5 Å². The summed E-state index contributed by atoms with van der Waals surface area (Å²) in [6.07, 6.45) is 5.64. The first-order valence-corrected chi connectivity index (χ1v) is 5.23. The Kier molecular flexibility index (Phi) is 3.49. The van der Waals surface area contributed by atoms with Crippen LogP contribution in [-0.2, 0) is 11.4 Å². The van der Waals surface area contributed by atoms with Gasteiger partial charge in [-0.05, 0) is 25.0 Å². The zero-order chi connectivity index (χ0) is 9.64. The van der Waals surface area contributed by atoms with Crippen LogP contribution in [0.3, 0.4) is 0 Å². The first-order chi connectivity index (χ1) is 6.95. The molecule has 0 aliphatic carbocycles. The van der Waals surface area contributed by atoms with Crippen molar-refractivity contribution in [3.05, 3.63) is 30.1 Å². The number of hydrogen-bond donors (Lipinski definition) is 0. The molecule has 2 rings (SSSR count). The van der Waals surface area contributed by atoms with Crippen LogP contribution in [0.5, 0.6) is 0 Å². The van der Waals surface area contributed by atoms with Crippen molar-refractivity contribution in [2.24, 2.45) is 0 Å². The van der Waals surface area contributed by atoms with Crippen molar-refractivity contribution in [3.63, 3.8) is 0 Å². The summed E-state index contributed by atoms with van der Waals surface area (Å²) in [5, 5.41) is 2.05. The van der Waals surface area contributed by atoms with Crippen LogP contribution >= 0.6 is 0 Å². The average Bonchev–Trinajstić information content (AvgIpc) is 2.29. The molecule has 1 aromatic heterocycles. The maximum atomic E-state index is 5.64. The molecule has 0 aromatic carbocycles. The summed E-state index contributed by atoms with van der Waals surface area (Å²) in [5.41, 5.74) is 0.998. The fourth-order valence-corrected chi connectivity index (χ4v) is 1.63. The molecule has 1 fully saturated rings. The quantitative estimate of drug-likeness (QED) is 0.732. The first-order valence-electron chi connectivity index (χ1n) is 5.23. The van der Waals surface area contributed by atoms with E-state index in [-0.39, 0.29) is 0 Å². The fraction of sp³-hybridized carbons (Fsp3) is 0.545. The second kappa shape index (κ2) is 5.08. The molecule has 1 aliphatic heterocycles. The topological polar surface area (TPSA) is 25.4 Å². The molecule has 0 bridgehead atoms. The number of pyridine rings is 1. The normalized spacial score (nSPS) is 18.3. The lowest BCUT2D eigenvalue weighted by Gasteiger charge is -2.25. The standard InChI is InChI=1S/C11H16N2O/c1-4-8-13(9-5-1)14-10-11-6-2-3-7-12-11/h2-3,6-7H,1,4-5,8-10H2. The predicted octanol–water partition coefficient (Wildman–Crippen LogP) is 2.00. The summed E-state index contributed by atoms with van der Waals surface area (Å²) in [6, 6.07) is 5.90. The van der Waals surface area contributed by atoms with Crippen molar-refractivity contribution in [2.75, 3.05) is 13.1 Å². The van der Waals surface area contributed by atoms with E-state index in [1.54, 1.807) is 6.20 Å². The average molecular weight is 192 g/mol. The van der Waals surface area contributed by atoms with E-state index in [1.165, 1.54) is 19.3 Å². The molecular weight excluding hydrogens is 176 g/mol. The summed E-state index contributed by atoms with van der Waals surface area (Å²) in [7, 11) is 0. The van der Waals surface area contributed by atoms with Crippen LogP contribution in [0.15, 0.2) is 24.4 Å². The van der Waals surface area contributed by atoms with Crippen molar-refractivity contribution < 1.29 is 4.84 Å². The third kappa shape index (κ3) is 2.79. The maximum Gasteiger partial charge on any atom is 0.111 e. The van der Waals surface area contributed by atoms with Crippen molar-refractivity contribution in [2.45, 2.75) is 25.9 Å². The Bertz CT molecular complexity index is 257. The number of hydrogen-bond acceptors (Lipinski definition) is 3. The Morgan fingerprint density at radius 1 is 1.21 bits per heavy atom. The Morgan fingerprint density at radius 2 is 2.07 bits per heavy atom. The molecule has 3 heteroatoms. The highest BCUT2D eigenvalue weighted by molar-refractivity contribution is 5.01. The van der Waals surface area contributed by atoms with Crippen LogP contribution in [0.2, 0.25) is 0 Å². The summed E-state index contributed by atoms with van der Waals surface area (Å²) in [6.45, 7) is 2.72. The number of rotatable bonds is 3. The molecule has 0 spiro atoms. The molecule has 0 atom stereocenters. The zero-order valence-corrected chi connectivity index (χ0v) is 8.35. The molecule has 76 valence electrons. The number of aromatic nitrogens is 1. The Hall–Kier alpha value is -0.930. The lowest BCUT2D eigenvalue weighted by atomic mass is 10.2. The minimum absolute atomic E-state index is 0.598. The van der Waals surface area contributed by atoms with Gasteiger partial charge in [-0.25, -0.2) is 0 Å². The van der Waals surface area contributed by atoms with Crippen LogP contribution in [0.1, 0.15) is 25.0 Å². The zero-order valence-electron chi connectivity index (χ0n) is 8.35. The lowest BCUT2D eigenvalue weighted by molar-refractivity contribution is -0.179. The second-order valence-electron chi connectivity index (χ2n) is 3.58. The first kappa shape index (κ1) is 9.62. The van der Waals surface area contributed by atoms with Crippen LogP contribution in [0, 0.1) is 0 Å². The summed E-state index contributed by atoms with van der Waals surface area (Å²) >= 11 is 0. The smallest absolute Gasteiger partial charge is 0.111 e. The summed E-state index contributed by atoms with van der Waals surface area (Å²) in [5.74, 6) is 0. The molecule has 0 radical (unpaired) electrons. The predicted molar refractivity (Wildman–Crippen MR) is 54.5 cm³/mol. The molecule has 1 aliphatic rings. The van der Waals surface area contributed by atoms with Gasteiger partial charge in [0.2, 0.25) is 0 Å². The molecule has 0 unspecified atom stereocenters. The Labute approximate surface area is 84.7 Å². The molecule has 14 heavy (non-hydrogen) atoms. The highest BCUT2D eigenvalue weighted by Gasteiger charge is 2.10. The van der Waals surface area contributed by atoms with Gasteiger partial charge in [0.25, 0.3) is 0 Å². The van der Waals surface area contributed by atoms with Gasteiger partial charge in [0.05, 0.1) is 5.69 Å². The number of piperidine rings is 1. The lowest BCUT2D eigenvalue weighted by Crippen LogP contribution is -2.29. The van der Waals surface area contributed by atoms with Gasteiger partial charge in [-0.15, -0.1) is 0 Å². The molecule has 3 nitrogen and oxygen atoms in total. The monoisotopic (exact) mass is 192 g/mol. The van der Waals surface area contributed by atoms with E-state index >= 15 is 0 Å². The van der Waals surface area contributed by atoms with Crippen LogP contribution in [0.25, 0.3) is 0 Å². The van der Waals surface area contributed by atoms with Gasteiger partial charge < -0.3 is 0 Å². The molecule has 2 heterocycles. The van der Waals surface area contributed by atoms with Gasteiger partial charge >= 0.3 is 0 Å². The van der Waals surface area contributed by atoms with E-state index in [0.29, 0.717) is 6.61 Å². The molecular formula is C11H16N2O. The van der Waals surface area contributed by atoms with Crippen LogP contribution in [0.4, 0.5) is 0 Å². The molecule has 1 aromatic rings. The SMILES string of the molecule is c1ccc(CON2CCCCC2)nc1. The minimum atomic E-state index is 0.598. The van der Waals surface area contributed by atoms with E-state index in [0.717, 1.165) is 18.8 Å². The molecule has 1 saturated heterocycles. The highest BCUT2D eigenvalue weighted by atomic mass is 16.7. The Morgan fingerprint density at radius 3 is 2.79 bits per heavy atom. The van der Waals surface area contributed by atoms with Crippen molar-refractivity contribution in [3.8, 4) is 0 Å². The van der Waals surface area contributed by atoms with E-state index in [2.05, 4.69) is 10.0 Å². The third-order valence-corrected chi connectivity index (χ3v) is 2.44. The van der Waals surface area contributed by atoms with Crippen LogP contribution < -0.4 is 0 Å². The van der Waals surface area contributed by atoms with E-state index in [1.807, 2.05) is 18.2 Å². The molecule has 0 amide bonds. The summed E-state index contributed by atoms with van der Waals surface area (Å²) < 4.78 is 0. The van der Waals surface area contributed by atoms with Gasteiger partial charge in [0.15, 0.2) is 0 Å². The number of hydroxylamine groups is 2. The minimum Gasteiger partial charge on any atom is -0.293 e. The van der Waals surface area contributed by atoms with Gasteiger partial charge in [0.1, 0.15) is 6.61 Å². The molecule has 0 N–H and O–H groups in total. The molecule has 0 saturated carbocycles. The van der Waals surface area contributed by atoms with E-state index in [4.69, 9.17) is 4.84 Å². The van der Waals surface area contributed by atoms with Crippen molar-refractivity contribution >= 4 is 0 Å². The van der Waals surface area contributed by atoms with E-state index in [9.17, 15) is 0 Å². The highest BCUT2D eigenvalue weighted by Crippen LogP contribution is 2.10. The second-order valence-corrected chi connectivity index (χ2v) is 3.58. The van der Waals surface area contributed by atoms with Gasteiger partial charge in [0, 0.05) is 19.3 Å². The van der Waals surface area contributed by atoms with Gasteiger partial charge in [-0.2, -0.15) is 5.06 Å². The van der Waals surface area contributed by atoms with Crippen LogP contribution in [-0.4, -0.2) is 23.1 Å². The van der Waals surface area contributed by atoms with Crippen molar-refractivity contribution in [1.82, 2.24) is 10.0 Å². The van der Waals surface area contributed by atoms with Crippen molar-refractivity contribution in [1.29, 1.82) is 0 Å². The van der Waals surface area contributed by atoms with E-state index < -0.39 is 0 Å².